The number of methoxy groups -OCH3 is 3. The highest BCUT2D eigenvalue weighted by atomic mass is 19.1. The van der Waals surface area contributed by atoms with E-state index in [9.17, 15) is 9.18 Å². The zero-order valence-corrected chi connectivity index (χ0v) is 6.67. The lowest BCUT2D eigenvalue weighted by Gasteiger charge is -2.15. The van der Waals surface area contributed by atoms with Crippen molar-refractivity contribution in [3.05, 3.63) is 0 Å². The molecule has 0 bridgehead atoms. The highest BCUT2D eigenvalue weighted by Gasteiger charge is 2.28. The van der Waals surface area contributed by atoms with Crippen LogP contribution >= 0.6 is 0 Å². The van der Waals surface area contributed by atoms with Crippen molar-refractivity contribution in [1.29, 1.82) is 0 Å². The first-order valence-electron chi connectivity index (χ1n) is 2.94. The summed E-state index contributed by atoms with van der Waals surface area (Å²) in [6, 6.07) is 0. The Morgan fingerprint density at radius 1 is 1.27 bits per heavy atom. The van der Waals surface area contributed by atoms with Crippen LogP contribution in [0.5, 0.6) is 0 Å². The van der Waals surface area contributed by atoms with Crippen LogP contribution in [-0.4, -0.2) is 39.8 Å². The number of hydrogen-bond acceptors (Lipinski definition) is 4. The van der Waals surface area contributed by atoms with Crippen molar-refractivity contribution in [3.8, 4) is 0 Å². The minimum absolute atomic E-state index is 1.00. The molecule has 0 N–H and O–H groups in total. The summed E-state index contributed by atoms with van der Waals surface area (Å²) in [5, 5.41) is 0. The van der Waals surface area contributed by atoms with Crippen LogP contribution in [0.1, 0.15) is 0 Å². The van der Waals surface area contributed by atoms with Crippen LogP contribution in [0.4, 0.5) is 4.39 Å². The lowest BCUT2D eigenvalue weighted by atomic mass is 10.4. The van der Waals surface area contributed by atoms with E-state index < -0.39 is 18.4 Å². The number of carbonyl (C=O) groups is 1. The fourth-order valence-electron chi connectivity index (χ4n) is 0.559. The predicted molar refractivity (Wildman–Crippen MR) is 34.7 cm³/mol. The Bertz CT molecular complexity index is 124. The van der Waals surface area contributed by atoms with Gasteiger partial charge in [-0.2, -0.15) is 0 Å². The fourth-order valence-corrected chi connectivity index (χ4v) is 0.559. The number of ether oxygens (including phenoxy) is 3. The van der Waals surface area contributed by atoms with E-state index in [4.69, 9.17) is 0 Å². The Kier molecular flexibility index (Phi) is 4.72. The van der Waals surface area contributed by atoms with E-state index in [0.29, 0.717) is 0 Å². The van der Waals surface area contributed by atoms with Crippen molar-refractivity contribution in [2.75, 3.05) is 21.3 Å². The maximum absolute atomic E-state index is 12.7. The standard InChI is InChI=1S/C6H11FO4/c1-9-5(8)4(7)6(10-2)11-3/h4,6H,1-3H3/t4-/m0/s1. The first kappa shape index (κ1) is 10.3. The van der Waals surface area contributed by atoms with Crippen LogP contribution in [0.3, 0.4) is 0 Å². The molecule has 0 saturated carbocycles. The van der Waals surface area contributed by atoms with Crippen molar-refractivity contribution >= 4 is 5.97 Å². The Morgan fingerprint density at radius 3 is 2.00 bits per heavy atom. The zero-order chi connectivity index (χ0) is 8.85. The number of rotatable bonds is 4. The molecule has 0 heterocycles. The molecule has 0 rings (SSSR count). The fraction of sp³-hybridized carbons (Fsp3) is 0.833. The molecule has 0 amide bonds. The van der Waals surface area contributed by atoms with E-state index in [1.54, 1.807) is 0 Å². The third-order valence-electron chi connectivity index (χ3n) is 1.13. The number of hydrogen-bond donors (Lipinski definition) is 0. The minimum atomic E-state index is -1.89. The third-order valence-corrected chi connectivity index (χ3v) is 1.13. The highest BCUT2D eigenvalue weighted by Crippen LogP contribution is 2.05. The quantitative estimate of drug-likeness (QED) is 0.439. The molecule has 0 saturated heterocycles. The molecule has 0 aliphatic rings. The van der Waals surface area contributed by atoms with Crippen LogP contribution < -0.4 is 0 Å². The van der Waals surface area contributed by atoms with Crippen LogP contribution in [0.15, 0.2) is 0 Å². The van der Waals surface area contributed by atoms with Gasteiger partial charge in [-0.25, -0.2) is 9.18 Å². The molecule has 4 nitrogen and oxygen atoms in total. The van der Waals surface area contributed by atoms with Gasteiger partial charge in [-0.05, 0) is 0 Å². The van der Waals surface area contributed by atoms with E-state index in [-0.39, 0.29) is 0 Å². The molecule has 5 heteroatoms. The number of halogens is 1. The molecule has 0 aliphatic carbocycles. The molecular formula is C6H11FO4. The Balaban J connectivity index is 3.97. The second kappa shape index (κ2) is 5.03. The molecule has 0 unspecified atom stereocenters. The molecule has 11 heavy (non-hydrogen) atoms. The summed E-state index contributed by atoms with van der Waals surface area (Å²) < 4.78 is 25.8. The molecular weight excluding hydrogens is 155 g/mol. The molecule has 0 spiro atoms. The van der Waals surface area contributed by atoms with Gasteiger partial charge in [0.1, 0.15) is 0 Å². The van der Waals surface area contributed by atoms with Gasteiger partial charge in [0.05, 0.1) is 7.11 Å². The molecule has 0 aromatic rings. The summed E-state index contributed by atoms with van der Waals surface area (Å²) >= 11 is 0. The Morgan fingerprint density at radius 2 is 1.73 bits per heavy atom. The zero-order valence-electron chi connectivity index (χ0n) is 6.67. The average molecular weight is 166 g/mol. The van der Waals surface area contributed by atoms with Gasteiger partial charge in [-0.15, -0.1) is 0 Å². The lowest BCUT2D eigenvalue weighted by molar-refractivity contribution is -0.177. The normalized spacial score (nSPS) is 13.2. The Labute approximate surface area is 64.2 Å². The smallest absolute Gasteiger partial charge is 0.345 e. The van der Waals surface area contributed by atoms with Crippen LogP contribution in [0.2, 0.25) is 0 Å². The van der Waals surface area contributed by atoms with E-state index >= 15 is 0 Å². The summed E-state index contributed by atoms with van der Waals surface area (Å²) in [7, 11) is 3.57. The maximum atomic E-state index is 12.7. The van der Waals surface area contributed by atoms with Crippen LogP contribution in [-0.2, 0) is 19.0 Å². The lowest BCUT2D eigenvalue weighted by Crippen LogP contribution is -2.33. The first-order valence-corrected chi connectivity index (χ1v) is 2.94. The summed E-state index contributed by atoms with van der Waals surface area (Å²) in [5.74, 6) is -1.00. The van der Waals surface area contributed by atoms with Gasteiger partial charge in [0.25, 0.3) is 0 Å². The molecule has 1 atom stereocenters. The van der Waals surface area contributed by atoms with Crippen LogP contribution in [0.25, 0.3) is 0 Å². The minimum Gasteiger partial charge on any atom is -0.467 e. The number of carbonyl (C=O) groups excluding carboxylic acids is 1. The van der Waals surface area contributed by atoms with Crippen molar-refractivity contribution < 1.29 is 23.4 Å². The molecule has 0 fully saturated rings. The van der Waals surface area contributed by atoms with Gasteiger partial charge in [-0.1, -0.05) is 0 Å². The van der Waals surface area contributed by atoms with Crippen molar-refractivity contribution in [2.24, 2.45) is 0 Å². The van der Waals surface area contributed by atoms with E-state index in [2.05, 4.69) is 14.2 Å². The highest BCUT2D eigenvalue weighted by molar-refractivity contribution is 5.74. The molecule has 0 aliphatic heterocycles. The van der Waals surface area contributed by atoms with Gasteiger partial charge in [0.15, 0.2) is 6.29 Å². The molecule has 0 aromatic carbocycles. The molecule has 0 aromatic heterocycles. The third kappa shape index (κ3) is 2.81. The van der Waals surface area contributed by atoms with E-state index in [0.717, 1.165) is 7.11 Å². The molecule has 66 valence electrons. The van der Waals surface area contributed by atoms with Gasteiger partial charge < -0.3 is 14.2 Å². The second-order valence-electron chi connectivity index (χ2n) is 1.76. The first-order chi connectivity index (χ1) is 5.17. The largest absolute Gasteiger partial charge is 0.467 e. The maximum Gasteiger partial charge on any atom is 0.345 e. The van der Waals surface area contributed by atoms with Crippen molar-refractivity contribution in [3.63, 3.8) is 0 Å². The summed E-state index contributed by atoms with van der Waals surface area (Å²) in [5.41, 5.74) is 0. The van der Waals surface area contributed by atoms with Gasteiger partial charge in [0, 0.05) is 14.2 Å². The topological polar surface area (TPSA) is 44.8 Å². The van der Waals surface area contributed by atoms with E-state index in [1.807, 2.05) is 0 Å². The van der Waals surface area contributed by atoms with Crippen molar-refractivity contribution in [2.45, 2.75) is 12.5 Å². The summed E-state index contributed by atoms with van der Waals surface area (Å²) in [6.07, 6.45) is -3.09. The SMILES string of the molecule is COC(=O)[C@H](F)C(OC)OC. The average Bonchev–Trinajstić information content (AvgIpc) is 2.05. The monoisotopic (exact) mass is 166 g/mol. The number of esters is 1. The summed E-state index contributed by atoms with van der Waals surface area (Å²) in [4.78, 5) is 10.5. The van der Waals surface area contributed by atoms with Gasteiger partial charge >= 0.3 is 5.97 Å². The van der Waals surface area contributed by atoms with Crippen LogP contribution in [0, 0.1) is 0 Å². The van der Waals surface area contributed by atoms with Gasteiger partial charge in [0.2, 0.25) is 6.17 Å². The van der Waals surface area contributed by atoms with Crippen molar-refractivity contribution in [1.82, 2.24) is 0 Å². The Hall–Kier alpha value is -0.680. The molecule has 0 radical (unpaired) electrons. The van der Waals surface area contributed by atoms with E-state index in [1.165, 1.54) is 14.2 Å². The number of alkyl halides is 1. The second-order valence-corrected chi connectivity index (χ2v) is 1.76. The predicted octanol–water partition coefficient (Wildman–Crippen LogP) is 0.116. The van der Waals surface area contributed by atoms with Gasteiger partial charge in [-0.3, -0.25) is 0 Å². The summed E-state index contributed by atoms with van der Waals surface area (Å²) in [6.45, 7) is 0.